The highest BCUT2D eigenvalue weighted by Gasteiger charge is 2.28. The van der Waals surface area contributed by atoms with Crippen molar-refractivity contribution in [1.82, 2.24) is 5.32 Å². The summed E-state index contributed by atoms with van der Waals surface area (Å²) in [5.41, 5.74) is -0.972. The normalized spacial score (nSPS) is 11.4. The Hall–Kier alpha value is -1.06. The molecule has 0 bridgehead atoms. The topological polar surface area (TPSA) is 89.3 Å². The highest BCUT2D eigenvalue weighted by atomic mass is 79.9. The molecule has 3 N–H and O–H groups in total. The molecule has 0 heterocycles. The highest BCUT2D eigenvalue weighted by Crippen LogP contribution is 2.28. The summed E-state index contributed by atoms with van der Waals surface area (Å²) in [6.07, 6.45) is 0.563. The van der Waals surface area contributed by atoms with E-state index in [-0.39, 0.29) is 11.0 Å². The summed E-state index contributed by atoms with van der Waals surface area (Å²) in [6, 6.07) is 0.684. The van der Waals surface area contributed by atoms with E-state index in [9.17, 15) is 22.0 Å². The van der Waals surface area contributed by atoms with Crippen LogP contribution in [-0.4, -0.2) is 20.9 Å². The quantitative estimate of drug-likeness (QED) is 0.856. The maximum Gasteiger partial charge on any atom is 0.257 e. The lowest BCUT2D eigenvalue weighted by Crippen LogP contribution is -2.27. The van der Waals surface area contributed by atoms with Crippen molar-refractivity contribution in [3.05, 3.63) is 27.7 Å². The molecule has 0 aliphatic heterocycles. The SMILES string of the molecule is CCCNC(=O)c1c(F)cc(Br)c(S(N)(=O)=O)c1F. The van der Waals surface area contributed by atoms with Crippen LogP contribution in [0.2, 0.25) is 0 Å². The van der Waals surface area contributed by atoms with Gasteiger partial charge in [0.25, 0.3) is 5.91 Å². The number of amides is 1. The largest absolute Gasteiger partial charge is 0.352 e. The molecular formula is C10H11BrF2N2O3S. The maximum atomic E-state index is 14.0. The molecule has 5 nitrogen and oxygen atoms in total. The molecule has 0 aliphatic carbocycles. The molecule has 0 radical (unpaired) electrons. The average molecular weight is 357 g/mol. The summed E-state index contributed by atoms with van der Waals surface area (Å²) < 4.78 is 49.6. The molecule has 1 amide bonds. The van der Waals surface area contributed by atoms with Gasteiger partial charge in [0.05, 0.1) is 0 Å². The van der Waals surface area contributed by atoms with Gasteiger partial charge in [-0.25, -0.2) is 22.3 Å². The Morgan fingerprint density at radius 1 is 1.47 bits per heavy atom. The summed E-state index contributed by atoms with van der Waals surface area (Å²) in [7, 11) is -4.43. The van der Waals surface area contributed by atoms with Gasteiger partial charge in [-0.3, -0.25) is 4.79 Å². The number of carbonyl (C=O) groups excluding carboxylic acids is 1. The Morgan fingerprint density at radius 3 is 2.53 bits per heavy atom. The van der Waals surface area contributed by atoms with Crippen molar-refractivity contribution in [2.45, 2.75) is 18.2 Å². The van der Waals surface area contributed by atoms with Crippen LogP contribution in [-0.2, 0) is 10.0 Å². The van der Waals surface area contributed by atoms with Crippen molar-refractivity contribution >= 4 is 31.9 Å². The monoisotopic (exact) mass is 356 g/mol. The van der Waals surface area contributed by atoms with E-state index in [0.717, 1.165) is 0 Å². The first-order chi connectivity index (χ1) is 8.70. The zero-order chi connectivity index (χ0) is 14.8. The number of rotatable bonds is 4. The molecule has 1 aromatic carbocycles. The summed E-state index contributed by atoms with van der Waals surface area (Å²) in [5, 5.41) is 7.08. The van der Waals surface area contributed by atoms with Crippen LogP contribution in [0.25, 0.3) is 0 Å². The first-order valence-electron chi connectivity index (χ1n) is 5.18. The lowest BCUT2D eigenvalue weighted by atomic mass is 10.2. The first-order valence-corrected chi connectivity index (χ1v) is 7.52. The minimum absolute atomic E-state index is 0.207. The molecule has 0 saturated carbocycles. The molecule has 1 aromatic rings. The van der Waals surface area contributed by atoms with Gasteiger partial charge in [0.15, 0.2) is 5.82 Å². The molecule has 0 atom stereocenters. The van der Waals surface area contributed by atoms with Crippen LogP contribution in [0.3, 0.4) is 0 Å². The van der Waals surface area contributed by atoms with Gasteiger partial charge in [-0.05, 0) is 28.4 Å². The zero-order valence-electron chi connectivity index (χ0n) is 9.84. The van der Waals surface area contributed by atoms with E-state index >= 15 is 0 Å². The molecule has 0 fully saturated rings. The van der Waals surface area contributed by atoms with Crippen LogP contribution in [0.5, 0.6) is 0 Å². The van der Waals surface area contributed by atoms with Crippen LogP contribution in [0, 0.1) is 11.6 Å². The molecule has 0 aromatic heterocycles. The minimum Gasteiger partial charge on any atom is -0.352 e. The third-order valence-corrected chi connectivity index (χ3v) is 4.03. The lowest BCUT2D eigenvalue weighted by molar-refractivity contribution is 0.0944. The number of halogens is 3. The van der Waals surface area contributed by atoms with Gasteiger partial charge in [0.2, 0.25) is 10.0 Å². The van der Waals surface area contributed by atoms with Crippen molar-refractivity contribution in [2.75, 3.05) is 6.54 Å². The minimum atomic E-state index is -4.43. The summed E-state index contributed by atoms with van der Waals surface area (Å²) >= 11 is 2.70. The van der Waals surface area contributed by atoms with Crippen molar-refractivity contribution < 1.29 is 22.0 Å². The second-order valence-corrected chi connectivity index (χ2v) is 6.01. The van der Waals surface area contributed by atoms with Crippen LogP contribution >= 0.6 is 15.9 Å². The van der Waals surface area contributed by atoms with Crippen molar-refractivity contribution in [3.8, 4) is 0 Å². The third-order valence-electron chi connectivity index (χ3n) is 2.18. The number of hydrogen-bond acceptors (Lipinski definition) is 3. The number of primary sulfonamides is 1. The number of carbonyl (C=O) groups is 1. The summed E-state index contributed by atoms with van der Waals surface area (Å²) in [5.74, 6) is -3.72. The van der Waals surface area contributed by atoms with Crippen LogP contribution < -0.4 is 10.5 Å². The standard InChI is InChI=1S/C10H11BrF2N2O3S/c1-2-3-15-10(16)7-6(12)4-5(11)9(8(7)13)19(14,17)18/h4H,2-3H2,1H3,(H,15,16)(H2,14,17,18). The first kappa shape index (κ1) is 16.0. The molecule has 0 unspecified atom stereocenters. The number of hydrogen-bond donors (Lipinski definition) is 2. The summed E-state index contributed by atoms with van der Waals surface area (Å²) in [4.78, 5) is 10.6. The van der Waals surface area contributed by atoms with E-state index in [1.165, 1.54) is 0 Å². The molecule has 19 heavy (non-hydrogen) atoms. The van der Waals surface area contributed by atoms with Crippen LogP contribution in [0.4, 0.5) is 8.78 Å². The zero-order valence-corrected chi connectivity index (χ0v) is 12.2. The second-order valence-electron chi connectivity index (χ2n) is 3.66. The number of benzene rings is 1. The second kappa shape index (κ2) is 5.93. The lowest BCUT2D eigenvalue weighted by Gasteiger charge is -2.10. The molecule has 0 saturated heterocycles. The number of nitrogens with one attached hydrogen (secondary N) is 1. The molecule has 0 aliphatic rings. The van der Waals surface area contributed by atoms with Gasteiger partial charge < -0.3 is 5.32 Å². The van der Waals surface area contributed by atoms with E-state index in [2.05, 4.69) is 21.2 Å². The van der Waals surface area contributed by atoms with Crippen LogP contribution in [0.15, 0.2) is 15.4 Å². The van der Waals surface area contributed by atoms with E-state index in [1.54, 1.807) is 6.92 Å². The Balaban J connectivity index is 3.46. The third kappa shape index (κ3) is 3.48. The Kier molecular flexibility index (Phi) is 4.99. The maximum absolute atomic E-state index is 14.0. The Labute approximate surface area is 117 Å². The smallest absolute Gasteiger partial charge is 0.257 e. The molecular weight excluding hydrogens is 346 g/mol. The fourth-order valence-electron chi connectivity index (χ4n) is 1.37. The predicted octanol–water partition coefficient (Wildman–Crippen LogP) is 1.51. The van der Waals surface area contributed by atoms with E-state index in [1.807, 2.05) is 0 Å². The number of sulfonamides is 1. The van der Waals surface area contributed by atoms with Gasteiger partial charge in [-0.1, -0.05) is 6.92 Å². The molecule has 1 rings (SSSR count). The summed E-state index contributed by atoms with van der Waals surface area (Å²) in [6.45, 7) is 1.96. The number of nitrogens with two attached hydrogens (primary N) is 1. The van der Waals surface area contributed by atoms with Crippen molar-refractivity contribution in [3.63, 3.8) is 0 Å². The fourth-order valence-corrected chi connectivity index (χ4v) is 3.10. The van der Waals surface area contributed by atoms with Gasteiger partial charge in [-0.2, -0.15) is 0 Å². The van der Waals surface area contributed by atoms with Crippen molar-refractivity contribution in [2.24, 2.45) is 5.14 Å². The Bertz CT molecular complexity index is 620. The van der Waals surface area contributed by atoms with E-state index < -0.39 is 38.0 Å². The van der Waals surface area contributed by atoms with Gasteiger partial charge in [0, 0.05) is 11.0 Å². The van der Waals surface area contributed by atoms with Crippen LogP contribution in [0.1, 0.15) is 23.7 Å². The highest BCUT2D eigenvalue weighted by molar-refractivity contribution is 9.10. The molecule has 9 heteroatoms. The van der Waals surface area contributed by atoms with Gasteiger partial charge in [0.1, 0.15) is 16.3 Å². The fraction of sp³-hybridized carbons (Fsp3) is 0.300. The van der Waals surface area contributed by atoms with Gasteiger partial charge >= 0.3 is 0 Å². The Morgan fingerprint density at radius 2 is 2.05 bits per heavy atom. The van der Waals surface area contributed by atoms with Crippen molar-refractivity contribution in [1.29, 1.82) is 0 Å². The average Bonchev–Trinajstić information content (AvgIpc) is 2.23. The van der Waals surface area contributed by atoms with E-state index in [0.29, 0.717) is 12.5 Å². The van der Waals surface area contributed by atoms with Gasteiger partial charge in [-0.15, -0.1) is 0 Å². The van der Waals surface area contributed by atoms with E-state index in [4.69, 9.17) is 5.14 Å². The molecule has 0 spiro atoms. The molecule has 106 valence electrons. The predicted molar refractivity (Wildman–Crippen MR) is 68.1 cm³/mol.